The van der Waals surface area contributed by atoms with Gasteiger partial charge in [0.1, 0.15) is 6.61 Å². The molecule has 3 rings (SSSR count). The number of rotatable bonds is 9. The van der Waals surface area contributed by atoms with Crippen LogP contribution in [-0.4, -0.2) is 42.1 Å². The monoisotopic (exact) mass is 381 g/mol. The number of thiophene rings is 1. The molecule has 0 N–H and O–H groups in total. The molecule has 2 heterocycles. The van der Waals surface area contributed by atoms with E-state index < -0.39 is 0 Å². The van der Waals surface area contributed by atoms with Gasteiger partial charge in [-0.3, -0.25) is 0 Å². The molecule has 3 aromatic rings. The maximum Gasteiger partial charge on any atom is 0.118 e. The summed E-state index contributed by atoms with van der Waals surface area (Å²) in [4.78, 5) is 10.8. The van der Waals surface area contributed by atoms with Gasteiger partial charge in [0.25, 0.3) is 0 Å². The minimum atomic E-state index is 0.654. The van der Waals surface area contributed by atoms with Crippen LogP contribution >= 0.6 is 11.3 Å². The third kappa shape index (κ3) is 5.08. The fourth-order valence-corrected chi connectivity index (χ4v) is 3.91. The van der Waals surface area contributed by atoms with Gasteiger partial charge in [0.05, 0.1) is 12.4 Å². The van der Waals surface area contributed by atoms with Crippen molar-refractivity contribution in [1.82, 2.24) is 14.8 Å². The van der Waals surface area contributed by atoms with E-state index in [1.165, 1.54) is 21.6 Å². The molecule has 0 aliphatic carbocycles. The summed E-state index contributed by atoms with van der Waals surface area (Å²) in [5, 5.41) is 6.54. The molecule has 0 atom stereocenters. The molecule has 1 aromatic carbocycles. The van der Waals surface area contributed by atoms with Gasteiger partial charge in [-0.25, -0.2) is 0 Å². The summed E-state index contributed by atoms with van der Waals surface area (Å²) >= 11 is 1.77. The van der Waals surface area contributed by atoms with E-state index in [9.17, 15) is 0 Å². The lowest BCUT2D eigenvalue weighted by Gasteiger charge is -2.13. The summed E-state index contributed by atoms with van der Waals surface area (Å²) in [7, 11) is 4.14. The van der Waals surface area contributed by atoms with Gasteiger partial charge in [-0.05, 0) is 49.5 Å². The smallest absolute Gasteiger partial charge is 0.118 e. The summed E-state index contributed by atoms with van der Waals surface area (Å²) in [6, 6.07) is 14.9. The van der Waals surface area contributed by atoms with Gasteiger partial charge in [0, 0.05) is 22.6 Å². The number of benzene rings is 1. The summed E-state index contributed by atoms with van der Waals surface area (Å²) in [6.45, 7) is 3.85. The zero-order chi connectivity index (χ0) is 19.1. The Morgan fingerprint density at radius 2 is 1.93 bits per heavy atom. The van der Waals surface area contributed by atoms with Gasteiger partial charge in [0.2, 0.25) is 0 Å². The second kappa shape index (κ2) is 9.53. The summed E-state index contributed by atoms with van der Waals surface area (Å²) in [5.74, 6) is 0. The first-order valence-electron chi connectivity index (χ1n) is 9.34. The van der Waals surface area contributed by atoms with Crippen LogP contribution < -0.4 is 4.84 Å². The van der Waals surface area contributed by atoms with Crippen LogP contribution in [0, 0.1) is 0 Å². The molecule has 0 radical (unpaired) electrons. The van der Waals surface area contributed by atoms with Crippen LogP contribution in [0.3, 0.4) is 0 Å². The third-order valence-electron chi connectivity index (χ3n) is 4.37. The first-order valence-corrected chi connectivity index (χ1v) is 10.2. The Balaban J connectivity index is 1.89. The van der Waals surface area contributed by atoms with Crippen molar-refractivity contribution >= 4 is 22.5 Å². The van der Waals surface area contributed by atoms with Gasteiger partial charge < -0.3 is 9.74 Å². The molecule has 27 heavy (non-hydrogen) atoms. The van der Waals surface area contributed by atoms with Gasteiger partial charge >= 0.3 is 0 Å². The van der Waals surface area contributed by atoms with Crippen molar-refractivity contribution in [3.63, 3.8) is 0 Å². The highest BCUT2D eigenvalue weighted by Gasteiger charge is 2.15. The molecule has 0 spiro atoms. The second-order valence-electron chi connectivity index (χ2n) is 6.67. The number of hydrogen-bond acceptors (Lipinski definition) is 4. The van der Waals surface area contributed by atoms with Crippen LogP contribution in [0.1, 0.15) is 35.8 Å². The topological polar surface area (TPSA) is 30.3 Å². The minimum absolute atomic E-state index is 0.654. The van der Waals surface area contributed by atoms with Crippen LogP contribution in [0.15, 0.2) is 60.2 Å². The Hall–Kier alpha value is -2.37. The maximum atomic E-state index is 5.77. The van der Waals surface area contributed by atoms with Crippen LogP contribution in [-0.2, 0) is 0 Å². The fourth-order valence-electron chi connectivity index (χ4n) is 3.09. The van der Waals surface area contributed by atoms with E-state index in [1.807, 2.05) is 12.4 Å². The van der Waals surface area contributed by atoms with Crippen molar-refractivity contribution in [3.05, 3.63) is 76.2 Å². The normalized spacial score (nSPS) is 12.3. The molecule has 0 bridgehead atoms. The van der Waals surface area contributed by atoms with E-state index >= 15 is 0 Å². The lowest BCUT2D eigenvalue weighted by atomic mass is 9.93. The zero-order valence-electron chi connectivity index (χ0n) is 16.3. The standard InChI is InChI=1S/C22H27N3OS/c1-4-20(19-16-23-25(17-19)26-14-9-13-24(2)3)22(21-12-8-15-27-21)18-10-6-5-7-11-18/h5-8,10-12,15-17H,4,9,13-14H2,1-3H3/b22-20-. The van der Waals surface area contributed by atoms with E-state index in [4.69, 9.17) is 4.84 Å². The predicted octanol–water partition coefficient (Wildman–Crippen LogP) is 4.69. The SMILES string of the molecule is CC/C(=C(\c1ccccc1)c1cccs1)c1cnn(OCCCN(C)C)c1. The van der Waals surface area contributed by atoms with E-state index in [1.54, 1.807) is 16.2 Å². The van der Waals surface area contributed by atoms with Crippen molar-refractivity contribution in [2.24, 2.45) is 0 Å². The van der Waals surface area contributed by atoms with Crippen molar-refractivity contribution in [1.29, 1.82) is 0 Å². The maximum absolute atomic E-state index is 5.77. The Kier molecular flexibility index (Phi) is 6.85. The molecule has 4 nitrogen and oxygen atoms in total. The van der Waals surface area contributed by atoms with Crippen molar-refractivity contribution < 1.29 is 4.84 Å². The number of hydrogen-bond donors (Lipinski definition) is 0. The fraction of sp³-hybridized carbons (Fsp3) is 0.318. The van der Waals surface area contributed by atoms with Gasteiger partial charge in [-0.1, -0.05) is 43.3 Å². The summed E-state index contributed by atoms with van der Waals surface area (Å²) in [6.07, 6.45) is 5.80. The second-order valence-corrected chi connectivity index (χ2v) is 7.62. The third-order valence-corrected chi connectivity index (χ3v) is 5.25. The number of aromatic nitrogens is 2. The first kappa shape index (κ1) is 19.4. The lowest BCUT2D eigenvalue weighted by molar-refractivity contribution is 0.0770. The van der Waals surface area contributed by atoms with Gasteiger partial charge in [0.15, 0.2) is 0 Å². The van der Waals surface area contributed by atoms with Crippen molar-refractivity contribution in [3.8, 4) is 0 Å². The molecular formula is C22H27N3OS. The van der Waals surface area contributed by atoms with Crippen LogP contribution in [0.25, 0.3) is 11.1 Å². The molecule has 5 heteroatoms. The largest absolute Gasteiger partial charge is 0.397 e. The Bertz CT molecular complexity index is 851. The van der Waals surface area contributed by atoms with E-state index in [0.717, 1.165) is 24.9 Å². The summed E-state index contributed by atoms with van der Waals surface area (Å²) < 4.78 is 0. The minimum Gasteiger partial charge on any atom is -0.397 e. The molecule has 0 saturated carbocycles. The van der Waals surface area contributed by atoms with E-state index in [2.05, 4.69) is 78.9 Å². The Labute approximate surface area is 165 Å². The summed E-state index contributed by atoms with van der Waals surface area (Å²) in [5.41, 5.74) is 4.90. The van der Waals surface area contributed by atoms with Crippen molar-refractivity contribution in [2.75, 3.05) is 27.2 Å². The average molecular weight is 382 g/mol. The van der Waals surface area contributed by atoms with E-state index in [0.29, 0.717) is 6.61 Å². The molecule has 2 aromatic heterocycles. The van der Waals surface area contributed by atoms with Gasteiger partial charge in [-0.2, -0.15) is 0 Å². The van der Waals surface area contributed by atoms with Crippen LogP contribution in [0.2, 0.25) is 0 Å². The molecule has 0 aliphatic rings. The highest BCUT2D eigenvalue weighted by atomic mass is 32.1. The quantitative estimate of drug-likeness (QED) is 0.504. The van der Waals surface area contributed by atoms with Crippen LogP contribution in [0.4, 0.5) is 0 Å². The highest BCUT2D eigenvalue weighted by Crippen LogP contribution is 2.36. The van der Waals surface area contributed by atoms with E-state index in [-0.39, 0.29) is 0 Å². The molecule has 0 aliphatic heterocycles. The predicted molar refractivity (Wildman–Crippen MR) is 114 cm³/mol. The van der Waals surface area contributed by atoms with Crippen LogP contribution in [0.5, 0.6) is 0 Å². The first-order chi connectivity index (χ1) is 13.2. The zero-order valence-corrected chi connectivity index (χ0v) is 17.1. The number of nitrogens with zero attached hydrogens (tertiary/aromatic N) is 3. The average Bonchev–Trinajstić information content (AvgIpc) is 3.36. The molecule has 142 valence electrons. The molecule has 0 fully saturated rings. The molecule has 0 amide bonds. The molecule has 0 unspecified atom stereocenters. The number of allylic oxidation sites excluding steroid dienone is 1. The Morgan fingerprint density at radius 3 is 2.59 bits per heavy atom. The highest BCUT2D eigenvalue weighted by molar-refractivity contribution is 7.11. The lowest BCUT2D eigenvalue weighted by Crippen LogP contribution is -2.19. The molecular weight excluding hydrogens is 354 g/mol. The van der Waals surface area contributed by atoms with Gasteiger partial charge in [-0.15, -0.1) is 21.3 Å². The van der Waals surface area contributed by atoms with Crippen molar-refractivity contribution in [2.45, 2.75) is 19.8 Å². The molecule has 0 saturated heterocycles. The Morgan fingerprint density at radius 1 is 1.11 bits per heavy atom.